The van der Waals surface area contributed by atoms with Crippen LogP contribution in [0.3, 0.4) is 0 Å². The molecule has 1 aromatic carbocycles. The average Bonchev–Trinajstić information content (AvgIpc) is 2.84. The van der Waals surface area contributed by atoms with E-state index < -0.39 is 17.5 Å². The second-order valence-corrected chi connectivity index (χ2v) is 4.75. The fourth-order valence-electron chi connectivity index (χ4n) is 1.73. The Kier molecular flexibility index (Phi) is 3.09. The van der Waals surface area contributed by atoms with Gasteiger partial charge < -0.3 is 9.72 Å². The summed E-state index contributed by atoms with van der Waals surface area (Å²) in [5.74, 6) is -3.10. The summed E-state index contributed by atoms with van der Waals surface area (Å²) in [4.78, 5) is 8.15. The lowest BCUT2D eigenvalue weighted by atomic mass is 10.3. The number of fused-ring (bicyclic) bond motifs is 1. The van der Waals surface area contributed by atoms with Crippen molar-refractivity contribution < 1.29 is 13.2 Å². The van der Waals surface area contributed by atoms with Gasteiger partial charge in [0.05, 0.1) is 5.69 Å². The van der Waals surface area contributed by atoms with Gasteiger partial charge in [-0.25, -0.2) is 23.1 Å². The second kappa shape index (κ2) is 4.78. The molecule has 0 aliphatic rings. The van der Waals surface area contributed by atoms with Crippen LogP contribution in [-0.4, -0.2) is 14.4 Å². The molecule has 20 heavy (non-hydrogen) atoms. The number of hydrogen-bond donors (Lipinski definition) is 1. The molecule has 1 N–H and O–H groups in total. The smallest absolute Gasteiger partial charge is 0.180 e. The summed E-state index contributed by atoms with van der Waals surface area (Å²) < 4.78 is 41.8. The van der Waals surface area contributed by atoms with Gasteiger partial charge in [0, 0.05) is 30.7 Å². The summed E-state index contributed by atoms with van der Waals surface area (Å²) in [5, 5.41) is 2.60. The molecule has 3 rings (SSSR count). The van der Waals surface area contributed by atoms with E-state index in [1.54, 1.807) is 16.8 Å². The monoisotopic (exact) mass is 342 g/mol. The minimum atomic E-state index is -1.25. The van der Waals surface area contributed by atoms with Gasteiger partial charge in [-0.15, -0.1) is 0 Å². The van der Waals surface area contributed by atoms with Crippen molar-refractivity contribution in [3.8, 4) is 0 Å². The minimum absolute atomic E-state index is 0.217. The Balaban J connectivity index is 2.09. The van der Waals surface area contributed by atoms with Gasteiger partial charge in [0.1, 0.15) is 10.4 Å². The van der Waals surface area contributed by atoms with Crippen molar-refractivity contribution in [1.82, 2.24) is 14.4 Å². The van der Waals surface area contributed by atoms with Gasteiger partial charge in [0.15, 0.2) is 23.1 Å². The number of nitrogens with one attached hydrogen (secondary N) is 1. The molecule has 0 atom stereocenters. The van der Waals surface area contributed by atoms with Gasteiger partial charge in [0.25, 0.3) is 0 Å². The number of hydrogen-bond acceptors (Lipinski definition) is 3. The first kappa shape index (κ1) is 12.9. The molecule has 4 nitrogen and oxygen atoms in total. The van der Waals surface area contributed by atoms with E-state index in [1.165, 1.54) is 6.20 Å². The average molecular weight is 343 g/mol. The topological polar surface area (TPSA) is 42.2 Å². The Morgan fingerprint density at radius 3 is 2.65 bits per heavy atom. The van der Waals surface area contributed by atoms with Crippen molar-refractivity contribution in [3.63, 3.8) is 0 Å². The molecule has 0 bridgehead atoms. The Hall–Kier alpha value is -2.09. The zero-order valence-electron chi connectivity index (χ0n) is 9.74. The molecule has 0 spiro atoms. The third-order valence-electron chi connectivity index (χ3n) is 2.61. The molecule has 2 aromatic heterocycles. The molecule has 8 heteroatoms. The van der Waals surface area contributed by atoms with Gasteiger partial charge in [0.2, 0.25) is 0 Å². The minimum Gasteiger partial charge on any atom is -0.335 e. The lowest BCUT2D eigenvalue weighted by Crippen LogP contribution is -2.02. The maximum atomic E-state index is 13.6. The van der Waals surface area contributed by atoms with Crippen LogP contribution in [0, 0.1) is 17.5 Å². The molecule has 0 amide bonds. The first-order chi connectivity index (χ1) is 9.54. The summed E-state index contributed by atoms with van der Waals surface area (Å²) in [6.07, 6.45) is 4.87. The van der Waals surface area contributed by atoms with E-state index in [4.69, 9.17) is 0 Å². The van der Waals surface area contributed by atoms with Crippen molar-refractivity contribution in [2.24, 2.45) is 0 Å². The van der Waals surface area contributed by atoms with E-state index in [9.17, 15) is 13.2 Å². The highest BCUT2D eigenvalue weighted by molar-refractivity contribution is 9.10. The number of imidazole rings is 1. The molecular formula is C12H6BrF3N4. The normalized spacial score (nSPS) is 11.0. The van der Waals surface area contributed by atoms with Crippen molar-refractivity contribution in [3.05, 3.63) is 52.8 Å². The van der Waals surface area contributed by atoms with Crippen molar-refractivity contribution in [2.75, 3.05) is 5.32 Å². The van der Waals surface area contributed by atoms with E-state index >= 15 is 0 Å². The summed E-state index contributed by atoms with van der Waals surface area (Å²) >= 11 is 3.20. The molecule has 0 aliphatic heterocycles. The SMILES string of the molecule is Fc1cc(F)c(Nc2nc(Br)cn3ccnc23)cc1F. The van der Waals surface area contributed by atoms with Gasteiger partial charge in [-0.1, -0.05) is 0 Å². The second-order valence-electron chi connectivity index (χ2n) is 3.94. The highest BCUT2D eigenvalue weighted by Crippen LogP contribution is 2.25. The highest BCUT2D eigenvalue weighted by Gasteiger charge is 2.13. The van der Waals surface area contributed by atoms with Gasteiger partial charge in [-0.05, 0) is 15.9 Å². The van der Waals surface area contributed by atoms with Crippen LogP contribution in [0.25, 0.3) is 5.65 Å². The predicted octanol–water partition coefficient (Wildman–Crippen LogP) is 3.65. The quantitative estimate of drug-likeness (QED) is 0.723. The van der Waals surface area contributed by atoms with E-state index in [0.717, 1.165) is 6.07 Å². The first-order valence-corrected chi connectivity index (χ1v) is 6.24. The fourth-order valence-corrected chi connectivity index (χ4v) is 2.13. The largest absolute Gasteiger partial charge is 0.335 e. The summed E-state index contributed by atoms with van der Waals surface area (Å²) in [7, 11) is 0. The molecule has 102 valence electrons. The Morgan fingerprint density at radius 2 is 1.85 bits per heavy atom. The molecule has 0 radical (unpaired) electrons. The number of aromatic nitrogens is 3. The van der Waals surface area contributed by atoms with E-state index in [1.807, 2.05) is 0 Å². The Morgan fingerprint density at radius 1 is 1.10 bits per heavy atom. The van der Waals surface area contributed by atoms with Gasteiger partial charge in [-0.3, -0.25) is 0 Å². The fraction of sp³-hybridized carbons (Fsp3) is 0. The van der Waals surface area contributed by atoms with Crippen molar-refractivity contribution in [1.29, 1.82) is 0 Å². The molecule has 0 aliphatic carbocycles. The van der Waals surface area contributed by atoms with Crippen LogP contribution in [0.1, 0.15) is 0 Å². The summed E-state index contributed by atoms with van der Waals surface area (Å²) in [5.41, 5.74) is 0.205. The highest BCUT2D eigenvalue weighted by atomic mass is 79.9. The molecule has 3 aromatic rings. The van der Waals surface area contributed by atoms with Crippen LogP contribution in [-0.2, 0) is 0 Å². The summed E-state index contributed by atoms with van der Waals surface area (Å²) in [6, 6.07) is 1.20. The van der Waals surface area contributed by atoms with Crippen LogP contribution in [0.15, 0.2) is 35.3 Å². The van der Waals surface area contributed by atoms with Crippen molar-refractivity contribution >= 4 is 33.1 Å². The lowest BCUT2D eigenvalue weighted by molar-refractivity contribution is 0.496. The van der Waals surface area contributed by atoms with Crippen LogP contribution < -0.4 is 5.32 Å². The number of benzene rings is 1. The number of anilines is 2. The third kappa shape index (κ3) is 2.22. The van der Waals surface area contributed by atoms with E-state index in [-0.39, 0.29) is 11.5 Å². The molecular weight excluding hydrogens is 337 g/mol. The van der Waals surface area contributed by atoms with E-state index in [2.05, 4.69) is 31.2 Å². The Bertz CT molecular complexity index is 803. The van der Waals surface area contributed by atoms with Crippen LogP contribution in [0.4, 0.5) is 24.7 Å². The standard InChI is InChI=1S/C12H6BrF3N4/c13-10-5-20-2-1-17-12(20)11(19-10)18-9-4-7(15)6(14)3-8(9)16/h1-5H,(H,18,19). The maximum Gasteiger partial charge on any atom is 0.180 e. The molecule has 0 saturated heterocycles. The number of nitrogens with zero attached hydrogens (tertiary/aromatic N) is 3. The van der Waals surface area contributed by atoms with E-state index in [0.29, 0.717) is 16.3 Å². The summed E-state index contributed by atoms with van der Waals surface area (Å²) in [6.45, 7) is 0. The Labute approximate surface area is 119 Å². The third-order valence-corrected chi connectivity index (χ3v) is 2.99. The zero-order valence-corrected chi connectivity index (χ0v) is 11.3. The lowest BCUT2D eigenvalue weighted by Gasteiger charge is -2.09. The molecule has 0 saturated carbocycles. The van der Waals surface area contributed by atoms with Crippen LogP contribution >= 0.6 is 15.9 Å². The van der Waals surface area contributed by atoms with Crippen molar-refractivity contribution in [2.45, 2.75) is 0 Å². The predicted molar refractivity (Wildman–Crippen MR) is 70.3 cm³/mol. The number of rotatable bonds is 2. The number of halogens is 4. The molecule has 0 fully saturated rings. The first-order valence-electron chi connectivity index (χ1n) is 5.45. The van der Waals surface area contributed by atoms with Gasteiger partial charge >= 0.3 is 0 Å². The maximum absolute atomic E-state index is 13.6. The molecule has 0 unspecified atom stereocenters. The molecule has 2 heterocycles. The van der Waals surface area contributed by atoms with Gasteiger partial charge in [-0.2, -0.15) is 0 Å². The van der Waals surface area contributed by atoms with Crippen LogP contribution in [0.5, 0.6) is 0 Å². The zero-order chi connectivity index (χ0) is 14.3. The van der Waals surface area contributed by atoms with Crippen LogP contribution in [0.2, 0.25) is 0 Å².